The van der Waals surface area contributed by atoms with Crippen molar-refractivity contribution in [1.29, 1.82) is 0 Å². The highest BCUT2D eigenvalue weighted by molar-refractivity contribution is 5.85. The molecule has 3 atom stereocenters. The summed E-state index contributed by atoms with van der Waals surface area (Å²) in [5.41, 5.74) is 5.82. The summed E-state index contributed by atoms with van der Waals surface area (Å²) in [4.78, 5) is 11.6. The topological polar surface area (TPSA) is 55.1 Å². The molecule has 4 heteroatoms. The number of hydrogen-bond acceptors (Lipinski definition) is 2. The molecule has 0 fully saturated rings. The minimum absolute atomic E-state index is 0. The standard InChI is InChI=1S/C12H26N2O.ClH/c1-6-9(4)11(13)12(15)14-7-10(5)8(2)3;/h8-11H,6-7,13H2,1-5H3,(H,14,15);1H. The fourth-order valence-corrected chi connectivity index (χ4v) is 1.13. The van der Waals surface area contributed by atoms with Gasteiger partial charge in [-0.1, -0.05) is 41.0 Å². The van der Waals surface area contributed by atoms with Crippen LogP contribution in [-0.2, 0) is 4.79 Å². The number of carbonyl (C=O) groups is 1. The van der Waals surface area contributed by atoms with Gasteiger partial charge < -0.3 is 11.1 Å². The average molecular weight is 251 g/mol. The van der Waals surface area contributed by atoms with Crippen molar-refractivity contribution >= 4 is 18.3 Å². The van der Waals surface area contributed by atoms with Crippen molar-refractivity contribution in [3.05, 3.63) is 0 Å². The zero-order valence-corrected chi connectivity index (χ0v) is 11.9. The zero-order valence-electron chi connectivity index (χ0n) is 11.1. The number of carbonyl (C=O) groups excluding carboxylic acids is 1. The molecule has 0 aliphatic heterocycles. The number of nitrogens with two attached hydrogens (primary N) is 1. The average Bonchev–Trinajstić information content (AvgIpc) is 2.22. The van der Waals surface area contributed by atoms with E-state index in [1.54, 1.807) is 0 Å². The normalized spacial score (nSPS) is 16.2. The molecule has 98 valence electrons. The molecule has 0 rings (SSSR count). The molecule has 0 saturated carbocycles. The summed E-state index contributed by atoms with van der Waals surface area (Å²) in [6.07, 6.45) is 0.939. The van der Waals surface area contributed by atoms with Gasteiger partial charge in [0.2, 0.25) is 5.91 Å². The first-order valence-corrected chi connectivity index (χ1v) is 5.93. The van der Waals surface area contributed by atoms with E-state index in [-0.39, 0.29) is 30.3 Å². The summed E-state index contributed by atoms with van der Waals surface area (Å²) >= 11 is 0. The molecule has 0 spiro atoms. The van der Waals surface area contributed by atoms with Crippen LogP contribution >= 0.6 is 12.4 Å². The zero-order chi connectivity index (χ0) is 12.0. The second-order valence-corrected chi connectivity index (χ2v) is 4.88. The summed E-state index contributed by atoms with van der Waals surface area (Å²) < 4.78 is 0. The molecular weight excluding hydrogens is 224 g/mol. The Morgan fingerprint density at radius 3 is 2.06 bits per heavy atom. The van der Waals surface area contributed by atoms with Gasteiger partial charge in [0, 0.05) is 6.54 Å². The van der Waals surface area contributed by atoms with E-state index < -0.39 is 0 Å². The number of hydrogen-bond donors (Lipinski definition) is 2. The van der Waals surface area contributed by atoms with Crippen LogP contribution in [0.15, 0.2) is 0 Å². The van der Waals surface area contributed by atoms with Crippen LogP contribution in [-0.4, -0.2) is 18.5 Å². The number of nitrogens with one attached hydrogen (secondary N) is 1. The van der Waals surface area contributed by atoms with Crippen molar-refractivity contribution in [3.63, 3.8) is 0 Å². The highest BCUT2D eigenvalue weighted by atomic mass is 35.5. The van der Waals surface area contributed by atoms with E-state index in [2.05, 4.69) is 33.0 Å². The first-order chi connectivity index (χ1) is 6.90. The fourth-order valence-electron chi connectivity index (χ4n) is 1.13. The van der Waals surface area contributed by atoms with Gasteiger partial charge in [0.25, 0.3) is 0 Å². The number of rotatable bonds is 6. The lowest BCUT2D eigenvalue weighted by Gasteiger charge is -2.21. The molecule has 0 aromatic carbocycles. The Morgan fingerprint density at radius 1 is 1.19 bits per heavy atom. The number of amides is 1. The van der Waals surface area contributed by atoms with E-state index >= 15 is 0 Å². The molecular formula is C12H27ClN2O. The van der Waals surface area contributed by atoms with Gasteiger partial charge >= 0.3 is 0 Å². The molecule has 3 N–H and O–H groups in total. The summed E-state index contributed by atoms with van der Waals surface area (Å²) in [6, 6.07) is -0.366. The quantitative estimate of drug-likeness (QED) is 0.759. The van der Waals surface area contributed by atoms with E-state index in [9.17, 15) is 4.79 Å². The van der Waals surface area contributed by atoms with Gasteiger partial charge in [0.15, 0.2) is 0 Å². The minimum Gasteiger partial charge on any atom is -0.354 e. The predicted octanol–water partition coefficient (Wildman–Crippen LogP) is 2.19. The molecule has 0 bridgehead atoms. The van der Waals surface area contributed by atoms with Crippen LogP contribution in [0.4, 0.5) is 0 Å². The number of halogens is 1. The molecule has 0 aliphatic rings. The predicted molar refractivity (Wildman–Crippen MR) is 71.7 cm³/mol. The van der Waals surface area contributed by atoms with E-state index in [4.69, 9.17) is 5.73 Å². The van der Waals surface area contributed by atoms with E-state index in [0.29, 0.717) is 11.8 Å². The molecule has 0 saturated heterocycles. The van der Waals surface area contributed by atoms with Crippen LogP contribution in [0.3, 0.4) is 0 Å². The Morgan fingerprint density at radius 2 is 1.69 bits per heavy atom. The third-order valence-electron chi connectivity index (χ3n) is 3.30. The molecule has 0 aromatic rings. The minimum atomic E-state index is -0.366. The van der Waals surface area contributed by atoms with Crippen molar-refractivity contribution in [2.24, 2.45) is 23.5 Å². The molecule has 1 amide bonds. The van der Waals surface area contributed by atoms with Crippen molar-refractivity contribution in [2.45, 2.75) is 47.1 Å². The Balaban J connectivity index is 0. The first kappa shape index (κ1) is 18.1. The molecule has 0 heterocycles. The van der Waals surface area contributed by atoms with E-state index in [1.165, 1.54) is 0 Å². The van der Waals surface area contributed by atoms with Gasteiger partial charge in [0.1, 0.15) is 0 Å². The van der Waals surface area contributed by atoms with Gasteiger partial charge in [-0.3, -0.25) is 4.79 Å². The molecule has 3 nitrogen and oxygen atoms in total. The van der Waals surface area contributed by atoms with Crippen molar-refractivity contribution in [3.8, 4) is 0 Å². The van der Waals surface area contributed by atoms with Crippen LogP contribution in [0.2, 0.25) is 0 Å². The maximum atomic E-state index is 11.6. The largest absolute Gasteiger partial charge is 0.354 e. The maximum absolute atomic E-state index is 11.6. The molecule has 0 radical (unpaired) electrons. The Hall–Kier alpha value is -0.280. The van der Waals surface area contributed by atoms with Gasteiger partial charge in [0.05, 0.1) is 6.04 Å². The monoisotopic (exact) mass is 250 g/mol. The van der Waals surface area contributed by atoms with Gasteiger partial charge in [-0.05, 0) is 17.8 Å². The summed E-state index contributed by atoms with van der Waals surface area (Å²) in [6.45, 7) is 11.2. The molecule has 0 aliphatic carbocycles. The Kier molecular flexibility index (Phi) is 9.98. The van der Waals surface area contributed by atoms with Crippen LogP contribution in [0, 0.1) is 17.8 Å². The second kappa shape index (κ2) is 8.82. The highest BCUT2D eigenvalue weighted by Gasteiger charge is 2.19. The SMILES string of the molecule is CCC(C)C(N)C(=O)NCC(C)C(C)C.Cl. The Bertz CT molecular complexity index is 197. The van der Waals surface area contributed by atoms with E-state index in [1.807, 2.05) is 6.92 Å². The van der Waals surface area contributed by atoms with Crippen LogP contribution in [0.25, 0.3) is 0 Å². The van der Waals surface area contributed by atoms with Crippen molar-refractivity contribution in [2.75, 3.05) is 6.54 Å². The summed E-state index contributed by atoms with van der Waals surface area (Å²) in [7, 11) is 0. The summed E-state index contributed by atoms with van der Waals surface area (Å²) in [5, 5.41) is 2.91. The second-order valence-electron chi connectivity index (χ2n) is 4.88. The Labute approximate surface area is 106 Å². The summed E-state index contributed by atoms with van der Waals surface area (Å²) in [5.74, 6) is 1.32. The lowest BCUT2D eigenvalue weighted by atomic mass is 9.96. The highest BCUT2D eigenvalue weighted by Crippen LogP contribution is 2.09. The van der Waals surface area contributed by atoms with Crippen LogP contribution < -0.4 is 11.1 Å². The van der Waals surface area contributed by atoms with Crippen molar-refractivity contribution in [1.82, 2.24) is 5.32 Å². The van der Waals surface area contributed by atoms with Gasteiger partial charge in [-0.25, -0.2) is 0 Å². The van der Waals surface area contributed by atoms with Gasteiger partial charge in [-0.2, -0.15) is 0 Å². The lowest BCUT2D eigenvalue weighted by Crippen LogP contribution is -2.46. The maximum Gasteiger partial charge on any atom is 0.237 e. The third kappa shape index (κ3) is 6.33. The van der Waals surface area contributed by atoms with Crippen molar-refractivity contribution < 1.29 is 4.79 Å². The van der Waals surface area contributed by atoms with Gasteiger partial charge in [-0.15, -0.1) is 12.4 Å². The third-order valence-corrected chi connectivity index (χ3v) is 3.30. The van der Waals surface area contributed by atoms with Crippen LogP contribution in [0.1, 0.15) is 41.0 Å². The molecule has 16 heavy (non-hydrogen) atoms. The fraction of sp³-hybridized carbons (Fsp3) is 0.917. The smallest absolute Gasteiger partial charge is 0.237 e. The molecule has 0 aromatic heterocycles. The lowest BCUT2D eigenvalue weighted by molar-refractivity contribution is -0.123. The first-order valence-electron chi connectivity index (χ1n) is 5.93. The van der Waals surface area contributed by atoms with E-state index in [0.717, 1.165) is 13.0 Å². The molecule has 3 unspecified atom stereocenters. The van der Waals surface area contributed by atoms with Crippen LogP contribution in [0.5, 0.6) is 0 Å².